The molecule has 0 spiro atoms. The lowest BCUT2D eigenvalue weighted by Crippen LogP contribution is -2.13. The highest BCUT2D eigenvalue weighted by molar-refractivity contribution is 9.10. The smallest absolute Gasteiger partial charge is 0.263 e. The van der Waals surface area contributed by atoms with Crippen molar-refractivity contribution in [3.8, 4) is 5.75 Å². The second-order valence-electron chi connectivity index (χ2n) is 3.87. The fraction of sp³-hybridized carbons (Fsp3) is 0.0833. The number of nitrogens with two attached hydrogens (primary N) is 1. The van der Waals surface area contributed by atoms with Gasteiger partial charge in [-0.1, -0.05) is 0 Å². The lowest BCUT2D eigenvalue weighted by molar-refractivity contribution is 0.412. The number of nitrogen functional groups attached to an aromatic ring is 1. The molecule has 0 saturated heterocycles. The van der Waals surface area contributed by atoms with Crippen molar-refractivity contribution in [2.75, 3.05) is 17.6 Å². The van der Waals surface area contributed by atoms with Crippen molar-refractivity contribution in [3.63, 3.8) is 0 Å². The van der Waals surface area contributed by atoms with E-state index in [1.165, 1.54) is 25.4 Å². The van der Waals surface area contributed by atoms with Crippen LogP contribution in [0.25, 0.3) is 0 Å². The van der Waals surface area contributed by atoms with Crippen LogP contribution in [0.2, 0.25) is 0 Å². The normalized spacial score (nSPS) is 11.1. The van der Waals surface area contributed by atoms with E-state index in [1.54, 1.807) is 18.2 Å². The van der Waals surface area contributed by atoms with Crippen LogP contribution in [0.15, 0.2) is 45.9 Å². The average molecular weight is 358 g/mol. The average Bonchev–Trinajstić information content (AvgIpc) is 2.41. The number of benzene rings is 1. The van der Waals surface area contributed by atoms with Crippen molar-refractivity contribution in [1.29, 1.82) is 0 Å². The van der Waals surface area contributed by atoms with Crippen LogP contribution >= 0.6 is 15.9 Å². The summed E-state index contributed by atoms with van der Waals surface area (Å²) in [6, 6.07) is 7.71. The van der Waals surface area contributed by atoms with E-state index in [9.17, 15) is 8.42 Å². The van der Waals surface area contributed by atoms with Crippen molar-refractivity contribution in [2.24, 2.45) is 0 Å². The summed E-state index contributed by atoms with van der Waals surface area (Å²) in [5.74, 6) is 0.787. The molecule has 1 aromatic carbocycles. The topological polar surface area (TPSA) is 94.3 Å². The Hall–Kier alpha value is -1.80. The summed E-state index contributed by atoms with van der Waals surface area (Å²) in [6.07, 6.45) is 1.20. The molecule has 0 unspecified atom stereocenters. The summed E-state index contributed by atoms with van der Waals surface area (Å²) < 4.78 is 32.6. The molecule has 0 amide bonds. The Bertz CT molecular complexity index is 717. The molecule has 2 aromatic rings. The molecule has 2 rings (SSSR count). The maximum atomic E-state index is 12.2. The number of anilines is 2. The van der Waals surface area contributed by atoms with E-state index in [4.69, 9.17) is 10.5 Å². The predicted molar refractivity (Wildman–Crippen MR) is 80.2 cm³/mol. The summed E-state index contributed by atoms with van der Waals surface area (Å²) in [5, 5.41) is 0. The van der Waals surface area contributed by atoms with Gasteiger partial charge in [-0.15, -0.1) is 0 Å². The van der Waals surface area contributed by atoms with Gasteiger partial charge in [0.1, 0.15) is 16.5 Å². The van der Waals surface area contributed by atoms with Crippen LogP contribution in [0.5, 0.6) is 5.75 Å². The highest BCUT2D eigenvalue weighted by Gasteiger charge is 2.15. The first kappa shape index (κ1) is 14.6. The Morgan fingerprint density at radius 1 is 1.30 bits per heavy atom. The SMILES string of the molecule is COc1cc(NS(=O)(=O)c2ccc(N)nc2)ccc1Br. The number of rotatable bonds is 4. The van der Waals surface area contributed by atoms with Crippen LogP contribution in [-0.4, -0.2) is 20.5 Å². The summed E-state index contributed by atoms with van der Waals surface area (Å²) in [4.78, 5) is 3.80. The van der Waals surface area contributed by atoms with Gasteiger partial charge >= 0.3 is 0 Å². The van der Waals surface area contributed by atoms with E-state index >= 15 is 0 Å². The molecule has 20 heavy (non-hydrogen) atoms. The van der Waals surface area contributed by atoms with Crippen LogP contribution in [0, 0.1) is 0 Å². The number of methoxy groups -OCH3 is 1. The third-order valence-electron chi connectivity index (χ3n) is 2.47. The number of nitrogens with zero attached hydrogens (tertiary/aromatic N) is 1. The fourth-order valence-corrected chi connectivity index (χ4v) is 2.89. The molecule has 0 aliphatic rings. The van der Waals surface area contributed by atoms with Crippen molar-refractivity contribution in [3.05, 3.63) is 41.0 Å². The predicted octanol–water partition coefficient (Wildman–Crippen LogP) is 2.24. The number of sulfonamides is 1. The monoisotopic (exact) mass is 357 g/mol. The van der Waals surface area contributed by atoms with Crippen molar-refractivity contribution in [1.82, 2.24) is 4.98 Å². The second kappa shape index (κ2) is 5.68. The third-order valence-corrected chi connectivity index (χ3v) is 4.49. The molecule has 0 atom stereocenters. The molecular weight excluding hydrogens is 346 g/mol. The van der Waals surface area contributed by atoms with Gasteiger partial charge in [-0.3, -0.25) is 4.72 Å². The molecule has 6 nitrogen and oxygen atoms in total. The van der Waals surface area contributed by atoms with Crippen LogP contribution in [-0.2, 0) is 10.0 Å². The third kappa shape index (κ3) is 3.20. The fourth-order valence-electron chi connectivity index (χ4n) is 1.49. The first-order valence-electron chi connectivity index (χ1n) is 5.50. The van der Waals surface area contributed by atoms with Crippen LogP contribution < -0.4 is 15.2 Å². The molecule has 106 valence electrons. The molecule has 0 bridgehead atoms. The lowest BCUT2D eigenvalue weighted by atomic mass is 10.3. The molecule has 0 aliphatic heterocycles. The minimum absolute atomic E-state index is 0.0357. The van der Waals surface area contributed by atoms with Gasteiger partial charge < -0.3 is 10.5 Å². The molecule has 0 aliphatic carbocycles. The van der Waals surface area contributed by atoms with E-state index in [0.29, 0.717) is 11.4 Å². The van der Waals surface area contributed by atoms with Crippen LogP contribution in [0.4, 0.5) is 11.5 Å². The van der Waals surface area contributed by atoms with Crippen molar-refractivity contribution < 1.29 is 13.2 Å². The van der Waals surface area contributed by atoms with Gasteiger partial charge in [0.15, 0.2) is 0 Å². The van der Waals surface area contributed by atoms with Crippen molar-refractivity contribution in [2.45, 2.75) is 4.90 Å². The van der Waals surface area contributed by atoms with Gasteiger partial charge in [-0.2, -0.15) is 0 Å². The van der Waals surface area contributed by atoms with Gasteiger partial charge in [-0.05, 0) is 40.2 Å². The minimum atomic E-state index is -3.71. The van der Waals surface area contributed by atoms with Crippen LogP contribution in [0.1, 0.15) is 0 Å². The summed E-state index contributed by atoms with van der Waals surface area (Å²) in [5.41, 5.74) is 5.82. The van der Waals surface area contributed by atoms with E-state index in [2.05, 4.69) is 25.6 Å². The second-order valence-corrected chi connectivity index (χ2v) is 6.41. The maximum absolute atomic E-state index is 12.2. The van der Waals surface area contributed by atoms with Crippen LogP contribution in [0.3, 0.4) is 0 Å². The van der Waals surface area contributed by atoms with Gasteiger partial charge in [0.25, 0.3) is 10.0 Å². The van der Waals surface area contributed by atoms with E-state index in [-0.39, 0.29) is 10.7 Å². The van der Waals surface area contributed by atoms with E-state index in [1.807, 2.05) is 0 Å². The molecule has 8 heteroatoms. The van der Waals surface area contributed by atoms with Gasteiger partial charge in [0.05, 0.1) is 17.3 Å². The number of hydrogen-bond acceptors (Lipinski definition) is 5. The summed E-state index contributed by atoms with van der Waals surface area (Å²) in [6.45, 7) is 0. The van der Waals surface area contributed by atoms with E-state index in [0.717, 1.165) is 4.47 Å². The van der Waals surface area contributed by atoms with E-state index < -0.39 is 10.0 Å². The van der Waals surface area contributed by atoms with Gasteiger partial charge in [0, 0.05) is 12.3 Å². The number of pyridine rings is 1. The Balaban J connectivity index is 2.30. The Kier molecular flexibility index (Phi) is 4.15. The highest BCUT2D eigenvalue weighted by atomic mass is 79.9. The van der Waals surface area contributed by atoms with Gasteiger partial charge in [-0.25, -0.2) is 13.4 Å². The number of nitrogens with one attached hydrogen (secondary N) is 1. The first-order chi connectivity index (χ1) is 9.42. The Labute approximate surface area is 125 Å². The molecular formula is C12H12BrN3O3S. The summed E-state index contributed by atoms with van der Waals surface area (Å²) >= 11 is 3.30. The number of ether oxygens (including phenoxy) is 1. The zero-order valence-corrected chi connectivity index (χ0v) is 12.9. The number of halogens is 1. The molecule has 0 fully saturated rings. The largest absolute Gasteiger partial charge is 0.495 e. The molecule has 1 heterocycles. The molecule has 0 radical (unpaired) electrons. The Morgan fingerprint density at radius 3 is 2.65 bits per heavy atom. The number of aromatic nitrogens is 1. The molecule has 1 aromatic heterocycles. The van der Waals surface area contributed by atoms with Gasteiger partial charge in [0.2, 0.25) is 0 Å². The van der Waals surface area contributed by atoms with Crippen molar-refractivity contribution >= 4 is 37.5 Å². The summed E-state index contributed by atoms with van der Waals surface area (Å²) in [7, 11) is -2.20. The molecule has 0 saturated carbocycles. The standard InChI is InChI=1S/C12H12BrN3O3S/c1-19-11-6-8(2-4-10(11)13)16-20(17,18)9-3-5-12(14)15-7-9/h2-7,16H,1H3,(H2,14,15). The maximum Gasteiger partial charge on any atom is 0.263 e. The quantitative estimate of drug-likeness (QED) is 0.874. The zero-order valence-electron chi connectivity index (χ0n) is 10.5. The Morgan fingerprint density at radius 2 is 2.05 bits per heavy atom. The number of hydrogen-bond donors (Lipinski definition) is 2. The zero-order chi connectivity index (χ0) is 14.8. The lowest BCUT2D eigenvalue weighted by Gasteiger charge is -2.10. The first-order valence-corrected chi connectivity index (χ1v) is 7.78. The minimum Gasteiger partial charge on any atom is -0.495 e. The highest BCUT2D eigenvalue weighted by Crippen LogP contribution is 2.28. The molecule has 3 N–H and O–H groups in total.